The molecule has 4 N–H and O–H groups in total. The van der Waals surface area contributed by atoms with Gasteiger partial charge in [-0.3, -0.25) is 0 Å². The zero-order valence-electron chi connectivity index (χ0n) is 35.0. The van der Waals surface area contributed by atoms with Crippen LogP contribution in [0.3, 0.4) is 0 Å². The zero-order chi connectivity index (χ0) is 41.1. The number of nitrogens with zero attached hydrogens (tertiary/aromatic N) is 1. The van der Waals surface area contributed by atoms with Gasteiger partial charge in [-0.1, -0.05) is 56.7 Å². The first kappa shape index (κ1) is 47.1. The highest BCUT2D eigenvalue weighted by molar-refractivity contribution is 5.89. The van der Waals surface area contributed by atoms with Crippen molar-refractivity contribution in [2.75, 3.05) is 34.9 Å². The Morgan fingerprint density at radius 2 is 1.53 bits per heavy atom. The molecule has 13 nitrogen and oxygen atoms in total. The lowest BCUT2D eigenvalue weighted by atomic mass is 9.89. The summed E-state index contributed by atoms with van der Waals surface area (Å²) in [5.74, 6) is -0.770. The molecular weight excluding hydrogens is 710 g/mol. The van der Waals surface area contributed by atoms with Crippen LogP contribution in [0.4, 0.5) is 0 Å². The number of hydrogen-bond donors (Lipinski definition) is 4. The van der Waals surface area contributed by atoms with E-state index in [4.69, 9.17) is 33.2 Å². The summed E-state index contributed by atoms with van der Waals surface area (Å²) in [6.45, 7) is 15.0. The minimum absolute atomic E-state index is 0.0214. The van der Waals surface area contributed by atoms with E-state index in [0.717, 1.165) is 16.7 Å². The fourth-order valence-electron chi connectivity index (χ4n) is 7.54. The molecule has 2 unspecified atom stereocenters. The number of methoxy groups -OCH3 is 2. The number of carbonyl (C=O) groups excluding carboxylic acids is 1. The molecule has 0 amide bonds. The van der Waals surface area contributed by atoms with Crippen LogP contribution in [-0.4, -0.2) is 146 Å². The van der Waals surface area contributed by atoms with Crippen LogP contribution in [-0.2, 0) is 38.0 Å². The van der Waals surface area contributed by atoms with Gasteiger partial charge in [0.15, 0.2) is 12.6 Å². The van der Waals surface area contributed by atoms with Crippen LogP contribution in [0.25, 0.3) is 0 Å². The van der Waals surface area contributed by atoms with Crippen molar-refractivity contribution in [3.05, 3.63) is 58.7 Å². The summed E-state index contributed by atoms with van der Waals surface area (Å²) in [5.41, 5.74) is 2.68. The maximum absolute atomic E-state index is 13.0. The predicted octanol–water partition coefficient (Wildman–Crippen LogP) is 3.99. The molecule has 3 aliphatic heterocycles. The third-order valence-corrected chi connectivity index (χ3v) is 10.9. The SMILES string of the molecule is CC[C@@H]1/C=C(/C)[C@@H](O)C/C=C/C=C(\CO)C(=O)O[C@H](C(C)C)C/C=C(C)/C=C(\C)[C@@H]1OC1O[C@@H](C)[C@H](OC2O[C@H](C)[C@@H](OC)[C@H](O)[C@H]2OC)[C@@H](N(C)C)[C@@H]1O. The monoisotopic (exact) mass is 779 g/mol. The lowest BCUT2D eigenvalue weighted by Crippen LogP contribution is -2.66. The van der Waals surface area contributed by atoms with Gasteiger partial charge >= 0.3 is 5.97 Å². The lowest BCUT2D eigenvalue weighted by molar-refractivity contribution is -0.351. The number of carbonyl (C=O) groups is 1. The van der Waals surface area contributed by atoms with E-state index in [9.17, 15) is 25.2 Å². The van der Waals surface area contributed by atoms with Crippen LogP contribution in [0.1, 0.15) is 74.7 Å². The molecule has 0 aromatic carbocycles. The van der Waals surface area contributed by atoms with Crippen LogP contribution in [0, 0.1) is 11.8 Å². The summed E-state index contributed by atoms with van der Waals surface area (Å²) < 4.78 is 42.8. The van der Waals surface area contributed by atoms with E-state index in [2.05, 4.69) is 6.92 Å². The molecule has 0 bridgehead atoms. The van der Waals surface area contributed by atoms with E-state index in [0.29, 0.717) is 12.8 Å². The Balaban J connectivity index is 2.00. The van der Waals surface area contributed by atoms with Crippen molar-refractivity contribution in [3.8, 4) is 0 Å². The quantitative estimate of drug-likeness (QED) is 0.186. The molecule has 0 aromatic rings. The molecule has 0 aromatic heterocycles. The topological polar surface area (TPSA) is 166 Å². The molecule has 55 heavy (non-hydrogen) atoms. The van der Waals surface area contributed by atoms with Crippen LogP contribution in [0.5, 0.6) is 0 Å². The van der Waals surface area contributed by atoms with Crippen molar-refractivity contribution in [1.82, 2.24) is 4.90 Å². The fourth-order valence-corrected chi connectivity index (χ4v) is 7.54. The molecule has 2 saturated heterocycles. The lowest BCUT2D eigenvalue weighted by Gasteiger charge is -2.50. The summed E-state index contributed by atoms with van der Waals surface area (Å²) in [4.78, 5) is 14.8. The molecule has 3 aliphatic rings. The van der Waals surface area contributed by atoms with E-state index in [-0.39, 0.29) is 23.8 Å². The Bertz CT molecular complexity index is 1370. The molecule has 314 valence electrons. The first-order valence-electron chi connectivity index (χ1n) is 19.6. The second kappa shape index (κ2) is 22.0. The molecule has 0 radical (unpaired) electrons. The average Bonchev–Trinajstić information content (AvgIpc) is 3.12. The highest BCUT2D eigenvalue weighted by Crippen LogP contribution is 2.35. The molecule has 3 heterocycles. The number of aliphatic hydroxyl groups is 4. The van der Waals surface area contributed by atoms with Crippen molar-refractivity contribution in [2.45, 2.75) is 154 Å². The maximum atomic E-state index is 13.0. The van der Waals surface area contributed by atoms with Crippen molar-refractivity contribution in [3.63, 3.8) is 0 Å². The summed E-state index contributed by atoms with van der Waals surface area (Å²) >= 11 is 0. The number of ether oxygens (including phenoxy) is 7. The second-order valence-corrected chi connectivity index (χ2v) is 15.7. The Labute approximate surface area is 328 Å². The number of esters is 1. The Morgan fingerprint density at radius 1 is 0.891 bits per heavy atom. The minimum atomic E-state index is -1.16. The predicted molar refractivity (Wildman–Crippen MR) is 209 cm³/mol. The van der Waals surface area contributed by atoms with Gasteiger partial charge in [0.2, 0.25) is 0 Å². The van der Waals surface area contributed by atoms with Crippen LogP contribution in [0.2, 0.25) is 0 Å². The summed E-state index contributed by atoms with van der Waals surface area (Å²) in [6.07, 6.45) is 3.17. The standard InChI is InChI=1S/C42H69NO12/c1-13-29-21-25(5)31(45)17-15-14-16-30(22-44)40(48)53-32(23(2)3)19-18-24(4)20-26(6)36(29)54-41-34(46)33(43(9)10)37(27(7)51-41)55-42-39(50-12)35(47)38(49-11)28(8)52-42/h14-16,18,20-21,23,27-29,31-39,41-42,44-47H,13,17,19,22H2,1-12H3/b15-14+,24-18+,25-21-,26-20+,30-16+/t27-,28+,29+,31-,32-,33-,34-,35-,36-,37-,38+,39+,41?,42?/m0/s1. The number of likely N-dealkylation sites (N-methyl/N-ethyl adjacent to an activating group) is 1. The summed E-state index contributed by atoms with van der Waals surface area (Å²) in [5, 5.41) is 44.0. The van der Waals surface area contributed by atoms with Gasteiger partial charge in [-0.15, -0.1) is 0 Å². The number of aliphatic hydroxyl groups excluding tert-OH is 4. The van der Waals surface area contributed by atoms with Crippen LogP contribution >= 0.6 is 0 Å². The first-order valence-corrected chi connectivity index (χ1v) is 19.6. The molecule has 0 aliphatic carbocycles. The molecule has 3 rings (SSSR count). The van der Waals surface area contributed by atoms with Crippen molar-refractivity contribution >= 4 is 5.97 Å². The van der Waals surface area contributed by atoms with Gasteiger partial charge in [-0.25, -0.2) is 4.79 Å². The molecular formula is C42H69NO12. The number of allylic oxidation sites excluding steroid dienone is 4. The molecule has 13 heteroatoms. The van der Waals surface area contributed by atoms with Gasteiger partial charge in [0.1, 0.15) is 36.6 Å². The van der Waals surface area contributed by atoms with E-state index in [1.54, 1.807) is 19.1 Å². The largest absolute Gasteiger partial charge is 0.458 e. The van der Waals surface area contributed by atoms with Gasteiger partial charge in [0.25, 0.3) is 0 Å². The Kier molecular flexibility index (Phi) is 18.9. The highest BCUT2D eigenvalue weighted by atomic mass is 16.7. The molecule has 0 spiro atoms. The van der Waals surface area contributed by atoms with Crippen LogP contribution in [0.15, 0.2) is 58.7 Å². The third-order valence-electron chi connectivity index (χ3n) is 10.9. The van der Waals surface area contributed by atoms with Gasteiger partial charge < -0.3 is 58.5 Å². The molecule has 2 fully saturated rings. The molecule has 14 atom stereocenters. The Hall–Kier alpha value is -2.27. The van der Waals surface area contributed by atoms with E-state index in [1.807, 2.05) is 78.8 Å². The normalized spacial score (nSPS) is 42.1. The Morgan fingerprint density at radius 3 is 2.11 bits per heavy atom. The van der Waals surface area contributed by atoms with Crippen molar-refractivity contribution in [2.24, 2.45) is 11.8 Å². The number of cyclic esters (lactones) is 1. The van der Waals surface area contributed by atoms with E-state index < -0.39 is 92.2 Å². The zero-order valence-corrected chi connectivity index (χ0v) is 35.0. The van der Waals surface area contributed by atoms with Gasteiger partial charge in [0, 0.05) is 26.6 Å². The minimum Gasteiger partial charge on any atom is -0.458 e. The summed E-state index contributed by atoms with van der Waals surface area (Å²) in [7, 11) is 6.68. The maximum Gasteiger partial charge on any atom is 0.336 e. The summed E-state index contributed by atoms with van der Waals surface area (Å²) in [6, 6.07) is -0.602. The van der Waals surface area contributed by atoms with Crippen molar-refractivity contribution in [1.29, 1.82) is 0 Å². The fraction of sp³-hybridized carbons (Fsp3) is 0.738. The van der Waals surface area contributed by atoms with Gasteiger partial charge in [-0.2, -0.15) is 0 Å². The van der Waals surface area contributed by atoms with E-state index in [1.165, 1.54) is 20.3 Å². The number of hydrogen-bond acceptors (Lipinski definition) is 13. The van der Waals surface area contributed by atoms with Gasteiger partial charge in [0.05, 0.1) is 42.6 Å². The smallest absolute Gasteiger partial charge is 0.336 e. The van der Waals surface area contributed by atoms with Crippen molar-refractivity contribution < 1.29 is 58.4 Å². The van der Waals surface area contributed by atoms with Gasteiger partial charge in [-0.05, 0) is 84.7 Å². The third kappa shape index (κ3) is 12.4. The van der Waals surface area contributed by atoms with E-state index >= 15 is 0 Å². The molecule has 0 saturated carbocycles. The number of rotatable bonds is 10. The average molecular weight is 780 g/mol. The first-order chi connectivity index (χ1) is 26.0. The highest BCUT2D eigenvalue weighted by Gasteiger charge is 2.51. The second-order valence-electron chi connectivity index (χ2n) is 15.7. The van der Waals surface area contributed by atoms with Crippen LogP contribution < -0.4 is 0 Å².